The first-order valence-corrected chi connectivity index (χ1v) is 7.06. The van der Waals surface area contributed by atoms with E-state index in [1.165, 1.54) is 18.2 Å². The number of urea groups is 1. The Balaban J connectivity index is 1.87. The van der Waals surface area contributed by atoms with Crippen molar-refractivity contribution < 1.29 is 18.4 Å². The number of hydrogen-bond acceptors (Lipinski definition) is 4. The highest BCUT2D eigenvalue weighted by Crippen LogP contribution is 2.12. The largest absolute Gasteiger partial charge is 0.468 e. The molecule has 1 atom stereocenters. The summed E-state index contributed by atoms with van der Waals surface area (Å²) in [5.41, 5.74) is 0.00870. The van der Waals surface area contributed by atoms with Crippen LogP contribution in [0, 0.1) is 5.82 Å². The number of nitrogens with zero attached hydrogens (tertiary/aromatic N) is 1. The van der Waals surface area contributed by atoms with Crippen molar-refractivity contribution in [1.29, 1.82) is 0 Å². The van der Waals surface area contributed by atoms with E-state index >= 15 is 0 Å². The minimum atomic E-state index is -0.779. The third kappa shape index (κ3) is 4.65. The summed E-state index contributed by atoms with van der Waals surface area (Å²) < 4.78 is 18.7. The lowest BCUT2D eigenvalue weighted by Gasteiger charge is -2.22. The molecule has 2 N–H and O–H groups in total. The van der Waals surface area contributed by atoms with Gasteiger partial charge in [-0.25, -0.2) is 9.18 Å². The molecule has 6 nitrogen and oxygen atoms in total. The van der Waals surface area contributed by atoms with E-state index in [9.17, 15) is 14.0 Å². The Labute approximate surface area is 133 Å². The summed E-state index contributed by atoms with van der Waals surface area (Å²) in [4.78, 5) is 25.6. The molecule has 1 aromatic heterocycles. The lowest BCUT2D eigenvalue weighted by molar-refractivity contribution is -0.124. The van der Waals surface area contributed by atoms with E-state index in [1.807, 2.05) is 0 Å². The van der Waals surface area contributed by atoms with Gasteiger partial charge < -0.3 is 9.73 Å². The monoisotopic (exact) mass is 319 g/mol. The molecule has 0 saturated carbocycles. The van der Waals surface area contributed by atoms with E-state index in [2.05, 4.69) is 10.6 Å². The van der Waals surface area contributed by atoms with Crippen molar-refractivity contribution in [2.24, 2.45) is 0 Å². The molecular formula is C16H18FN3O3. The van der Waals surface area contributed by atoms with E-state index in [4.69, 9.17) is 4.42 Å². The van der Waals surface area contributed by atoms with Crippen LogP contribution in [0.1, 0.15) is 12.7 Å². The summed E-state index contributed by atoms with van der Waals surface area (Å²) in [6, 6.07) is 7.94. The van der Waals surface area contributed by atoms with Crippen molar-refractivity contribution in [2.45, 2.75) is 19.5 Å². The Bertz CT molecular complexity index is 673. The maximum absolute atomic E-state index is 13.4. The van der Waals surface area contributed by atoms with Gasteiger partial charge in [-0.05, 0) is 38.2 Å². The predicted octanol–water partition coefficient (Wildman–Crippen LogP) is 2.59. The lowest BCUT2D eigenvalue weighted by atomic mass is 10.2. The molecule has 1 aromatic carbocycles. The van der Waals surface area contributed by atoms with Crippen LogP contribution in [0.15, 0.2) is 47.1 Å². The van der Waals surface area contributed by atoms with Crippen LogP contribution in [-0.2, 0) is 11.3 Å². The predicted molar refractivity (Wildman–Crippen MR) is 83.2 cm³/mol. The van der Waals surface area contributed by atoms with Crippen molar-refractivity contribution in [3.05, 3.63) is 54.2 Å². The van der Waals surface area contributed by atoms with Gasteiger partial charge in [-0.3, -0.25) is 15.0 Å². The van der Waals surface area contributed by atoms with Crippen LogP contribution in [0.5, 0.6) is 0 Å². The minimum Gasteiger partial charge on any atom is -0.468 e. The van der Waals surface area contributed by atoms with Crippen molar-refractivity contribution in [1.82, 2.24) is 10.2 Å². The Morgan fingerprint density at radius 2 is 2.00 bits per heavy atom. The molecule has 2 rings (SSSR count). The zero-order valence-electron chi connectivity index (χ0n) is 12.9. The number of nitrogens with one attached hydrogen (secondary N) is 2. The number of likely N-dealkylation sites (N-methyl/N-ethyl adjacent to an activating group) is 1. The molecule has 0 aliphatic carbocycles. The van der Waals surface area contributed by atoms with Crippen molar-refractivity contribution >= 4 is 17.6 Å². The first-order valence-electron chi connectivity index (χ1n) is 7.06. The highest BCUT2D eigenvalue weighted by atomic mass is 19.1. The van der Waals surface area contributed by atoms with Crippen LogP contribution in [0.2, 0.25) is 0 Å². The zero-order chi connectivity index (χ0) is 16.8. The Morgan fingerprint density at radius 3 is 2.65 bits per heavy atom. The molecule has 0 spiro atoms. The molecule has 0 bridgehead atoms. The normalized spacial score (nSPS) is 12.0. The summed E-state index contributed by atoms with van der Waals surface area (Å²) in [5, 5.41) is 4.49. The number of imide groups is 1. The average Bonchev–Trinajstić information content (AvgIpc) is 3.01. The van der Waals surface area contributed by atoms with Gasteiger partial charge in [-0.1, -0.05) is 12.1 Å². The Kier molecular flexibility index (Phi) is 5.48. The quantitative estimate of drug-likeness (QED) is 0.888. The number of halogens is 1. The molecule has 7 heteroatoms. The minimum absolute atomic E-state index is 0.00870. The van der Waals surface area contributed by atoms with Gasteiger partial charge >= 0.3 is 6.03 Å². The molecule has 0 unspecified atom stereocenters. The average molecular weight is 319 g/mol. The lowest BCUT2D eigenvalue weighted by Crippen LogP contribution is -2.46. The van der Waals surface area contributed by atoms with Crippen LogP contribution < -0.4 is 10.6 Å². The van der Waals surface area contributed by atoms with Gasteiger partial charge in [0, 0.05) is 0 Å². The van der Waals surface area contributed by atoms with Gasteiger partial charge in [-0.2, -0.15) is 0 Å². The summed E-state index contributed by atoms with van der Waals surface area (Å²) in [6.45, 7) is 2.09. The number of furan rings is 1. The van der Waals surface area contributed by atoms with Crippen LogP contribution >= 0.6 is 0 Å². The Morgan fingerprint density at radius 1 is 1.26 bits per heavy atom. The SMILES string of the molecule is C[C@H](C(=O)NC(=O)Nc1ccccc1F)N(C)Cc1ccco1. The molecular weight excluding hydrogens is 301 g/mol. The molecule has 0 aliphatic heterocycles. The number of benzene rings is 1. The first kappa shape index (κ1) is 16.7. The van der Waals surface area contributed by atoms with Crippen molar-refractivity contribution in [2.75, 3.05) is 12.4 Å². The fraction of sp³-hybridized carbons (Fsp3) is 0.250. The smallest absolute Gasteiger partial charge is 0.326 e. The molecule has 1 heterocycles. The summed E-state index contributed by atoms with van der Waals surface area (Å²) in [5.74, 6) is -0.353. The maximum atomic E-state index is 13.4. The van der Waals surface area contributed by atoms with Crippen LogP contribution in [-0.4, -0.2) is 29.9 Å². The number of para-hydroxylation sites is 1. The summed E-state index contributed by atoms with van der Waals surface area (Å²) in [6.07, 6.45) is 1.55. The number of carbonyl (C=O) groups excluding carboxylic acids is 2. The van der Waals surface area contributed by atoms with Crippen LogP contribution in [0.25, 0.3) is 0 Å². The number of hydrogen-bond donors (Lipinski definition) is 2. The van der Waals surface area contributed by atoms with Crippen LogP contribution in [0.4, 0.5) is 14.9 Å². The molecule has 0 saturated heterocycles. The number of rotatable bonds is 5. The van der Waals surface area contributed by atoms with Crippen molar-refractivity contribution in [3.8, 4) is 0 Å². The van der Waals surface area contributed by atoms with E-state index < -0.39 is 23.8 Å². The second-order valence-electron chi connectivity index (χ2n) is 5.09. The summed E-state index contributed by atoms with van der Waals surface area (Å²) >= 11 is 0. The van der Waals surface area contributed by atoms with Gasteiger partial charge in [0.25, 0.3) is 0 Å². The molecule has 3 amide bonds. The highest BCUT2D eigenvalue weighted by molar-refractivity contribution is 6.02. The second kappa shape index (κ2) is 7.55. The zero-order valence-corrected chi connectivity index (χ0v) is 12.9. The maximum Gasteiger partial charge on any atom is 0.326 e. The molecule has 0 fully saturated rings. The number of carbonyl (C=O) groups is 2. The van der Waals surface area contributed by atoms with Gasteiger partial charge in [0.15, 0.2) is 0 Å². The van der Waals surface area contributed by atoms with Gasteiger partial charge in [0.05, 0.1) is 24.5 Å². The fourth-order valence-corrected chi connectivity index (χ4v) is 1.92. The van der Waals surface area contributed by atoms with E-state index in [0.29, 0.717) is 12.3 Å². The first-order chi connectivity index (χ1) is 11.0. The third-order valence-electron chi connectivity index (χ3n) is 3.38. The number of anilines is 1. The molecule has 0 radical (unpaired) electrons. The van der Waals surface area contributed by atoms with Gasteiger partial charge in [-0.15, -0.1) is 0 Å². The number of amides is 3. The second-order valence-corrected chi connectivity index (χ2v) is 5.09. The Hall–Kier alpha value is -2.67. The van der Waals surface area contributed by atoms with Crippen LogP contribution in [0.3, 0.4) is 0 Å². The molecule has 0 aliphatic rings. The third-order valence-corrected chi connectivity index (χ3v) is 3.38. The molecule has 23 heavy (non-hydrogen) atoms. The van der Waals surface area contributed by atoms with E-state index in [1.54, 1.807) is 43.3 Å². The van der Waals surface area contributed by atoms with Gasteiger partial charge in [0.2, 0.25) is 5.91 Å². The fourth-order valence-electron chi connectivity index (χ4n) is 1.92. The van der Waals surface area contributed by atoms with E-state index in [0.717, 1.165) is 0 Å². The van der Waals surface area contributed by atoms with E-state index in [-0.39, 0.29) is 5.69 Å². The van der Waals surface area contributed by atoms with Gasteiger partial charge in [0.1, 0.15) is 11.6 Å². The molecule has 2 aromatic rings. The summed E-state index contributed by atoms with van der Waals surface area (Å²) in [7, 11) is 1.74. The van der Waals surface area contributed by atoms with Crippen molar-refractivity contribution in [3.63, 3.8) is 0 Å². The highest BCUT2D eigenvalue weighted by Gasteiger charge is 2.21. The standard InChI is InChI=1S/C16H18FN3O3/c1-11(20(2)10-12-6-5-9-23-12)15(21)19-16(22)18-14-8-4-3-7-13(14)17/h3-9,11H,10H2,1-2H3,(H2,18,19,21,22)/t11-/m1/s1. The topological polar surface area (TPSA) is 74.6 Å². The molecule has 122 valence electrons.